The third kappa shape index (κ3) is 5.50. The Labute approximate surface area is 189 Å². The van der Waals surface area contributed by atoms with E-state index in [0.717, 1.165) is 34.1 Å². The van der Waals surface area contributed by atoms with E-state index in [1.807, 2.05) is 0 Å². The number of hydrogen-bond donors (Lipinski definition) is 2. The van der Waals surface area contributed by atoms with Crippen molar-refractivity contribution >= 4 is 47.0 Å². The molecule has 33 heavy (non-hydrogen) atoms. The molecule has 0 unspecified atom stereocenters. The Balaban J connectivity index is 1.77. The van der Waals surface area contributed by atoms with Crippen LogP contribution in [0.3, 0.4) is 0 Å². The molecule has 0 fully saturated rings. The summed E-state index contributed by atoms with van der Waals surface area (Å²) >= 11 is 0. The predicted octanol–water partition coefficient (Wildman–Crippen LogP) is 0.800. The molecule has 0 saturated heterocycles. The molecule has 2 heterocycles. The number of nitrogens with one attached hydrogen (secondary N) is 2. The van der Waals surface area contributed by atoms with Crippen LogP contribution < -0.4 is 20.4 Å². The Morgan fingerprint density at radius 2 is 1.18 bits per heavy atom. The lowest BCUT2D eigenvalue weighted by molar-refractivity contribution is -0.121. The lowest BCUT2D eigenvalue weighted by atomic mass is 10.1. The Hall–Kier alpha value is -4.28. The fourth-order valence-electron chi connectivity index (χ4n) is 3.05. The number of anilines is 2. The molecule has 11 heteroatoms. The summed E-state index contributed by atoms with van der Waals surface area (Å²) in [5.41, 5.74) is -0.614. The summed E-state index contributed by atoms with van der Waals surface area (Å²) in [7, 11) is 0. The Morgan fingerprint density at radius 3 is 1.61 bits per heavy atom. The Kier molecular flexibility index (Phi) is 6.43. The number of ether oxygens (including phenoxy) is 1. The van der Waals surface area contributed by atoms with Crippen molar-refractivity contribution in [1.82, 2.24) is 10.6 Å². The molecule has 0 aromatic heterocycles. The van der Waals surface area contributed by atoms with Gasteiger partial charge in [-0.15, -0.1) is 0 Å². The Morgan fingerprint density at radius 1 is 0.758 bits per heavy atom. The van der Waals surface area contributed by atoms with Gasteiger partial charge in [0, 0.05) is 43.0 Å². The first-order chi connectivity index (χ1) is 15.5. The summed E-state index contributed by atoms with van der Waals surface area (Å²) in [4.78, 5) is 74.5. The van der Waals surface area contributed by atoms with Crippen LogP contribution in [0.2, 0.25) is 0 Å². The van der Waals surface area contributed by atoms with Crippen LogP contribution in [-0.4, -0.2) is 54.3 Å². The van der Waals surface area contributed by atoms with Crippen molar-refractivity contribution in [3.8, 4) is 0 Å². The van der Waals surface area contributed by atoms with Gasteiger partial charge in [0.05, 0.1) is 11.4 Å². The second-order valence-electron chi connectivity index (χ2n) is 8.11. The third-order valence-corrected chi connectivity index (χ3v) is 4.38. The maximum atomic E-state index is 12.7. The normalized spacial score (nSPS) is 15.5. The van der Waals surface area contributed by atoms with Crippen molar-refractivity contribution in [1.29, 1.82) is 0 Å². The highest BCUT2D eigenvalue weighted by molar-refractivity contribution is 6.30. The van der Waals surface area contributed by atoms with Crippen LogP contribution >= 0.6 is 0 Å². The first-order valence-electron chi connectivity index (χ1n) is 9.99. The molecule has 172 valence electrons. The summed E-state index contributed by atoms with van der Waals surface area (Å²) in [5, 5.41) is 5.07. The topological polar surface area (TPSA) is 142 Å². The van der Waals surface area contributed by atoms with E-state index in [1.165, 1.54) is 18.2 Å². The monoisotopic (exact) mass is 454 g/mol. The van der Waals surface area contributed by atoms with Crippen molar-refractivity contribution in [3.63, 3.8) is 0 Å². The standard InChI is InChI=1S/C22H22N4O7/c1-22(2,3)33-21(32)24-9-8-23-20(31)13-10-14(25-16(27)4-5-17(25)28)12-15(11-13)26-18(29)6-7-19(26)30/h4-7,10-12H,8-9H2,1-3H3,(H,23,31)(H,24,32). The minimum atomic E-state index is -0.664. The van der Waals surface area contributed by atoms with E-state index in [1.54, 1.807) is 20.8 Å². The number of hydrogen-bond acceptors (Lipinski definition) is 7. The third-order valence-electron chi connectivity index (χ3n) is 4.38. The lowest BCUT2D eigenvalue weighted by Gasteiger charge is -2.20. The molecule has 0 aliphatic carbocycles. The van der Waals surface area contributed by atoms with E-state index < -0.39 is 41.2 Å². The quantitative estimate of drug-likeness (QED) is 0.478. The average molecular weight is 454 g/mol. The summed E-state index contributed by atoms with van der Waals surface area (Å²) in [5.74, 6) is -3.10. The number of imide groups is 2. The van der Waals surface area contributed by atoms with Crippen molar-refractivity contribution in [3.05, 3.63) is 48.1 Å². The van der Waals surface area contributed by atoms with E-state index >= 15 is 0 Å². The number of benzene rings is 1. The number of amides is 6. The minimum Gasteiger partial charge on any atom is -0.444 e. The molecule has 1 aromatic rings. The summed E-state index contributed by atoms with van der Waals surface area (Å²) in [6.07, 6.45) is 3.66. The second-order valence-corrected chi connectivity index (χ2v) is 8.11. The smallest absolute Gasteiger partial charge is 0.407 e. The molecule has 0 saturated carbocycles. The molecule has 11 nitrogen and oxygen atoms in total. The van der Waals surface area contributed by atoms with Gasteiger partial charge in [-0.3, -0.25) is 24.0 Å². The van der Waals surface area contributed by atoms with Crippen LogP contribution in [0, 0.1) is 0 Å². The van der Waals surface area contributed by atoms with Crippen LogP contribution in [0.1, 0.15) is 31.1 Å². The minimum absolute atomic E-state index is 0.000215. The van der Waals surface area contributed by atoms with Gasteiger partial charge >= 0.3 is 6.09 Å². The highest BCUT2D eigenvalue weighted by Crippen LogP contribution is 2.29. The SMILES string of the molecule is CC(C)(C)OC(=O)NCCNC(=O)c1cc(N2C(=O)C=CC2=O)cc(N2C(=O)C=CC2=O)c1. The maximum Gasteiger partial charge on any atom is 0.407 e. The zero-order valence-electron chi connectivity index (χ0n) is 18.2. The van der Waals surface area contributed by atoms with Gasteiger partial charge in [0.1, 0.15) is 5.60 Å². The molecule has 1 aromatic carbocycles. The molecule has 0 radical (unpaired) electrons. The van der Waals surface area contributed by atoms with E-state index in [9.17, 15) is 28.8 Å². The number of carbonyl (C=O) groups excluding carboxylic acids is 6. The van der Waals surface area contributed by atoms with E-state index in [4.69, 9.17) is 4.74 Å². The number of rotatable bonds is 6. The Bertz CT molecular complexity index is 1020. The van der Waals surface area contributed by atoms with E-state index in [0.29, 0.717) is 0 Å². The molecule has 0 spiro atoms. The molecular weight excluding hydrogens is 432 g/mol. The van der Waals surface area contributed by atoms with Crippen LogP contribution in [0.4, 0.5) is 16.2 Å². The fraction of sp³-hybridized carbons (Fsp3) is 0.273. The van der Waals surface area contributed by atoms with Crippen LogP contribution in [0.25, 0.3) is 0 Å². The van der Waals surface area contributed by atoms with Crippen molar-refractivity contribution in [2.24, 2.45) is 0 Å². The molecule has 2 N–H and O–H groups in total. The number of alkyl carbamates (subject to hydrolysis) is 1. The molecule has 2 aliphatic heterocycles. The molecule has 2 aliphatic rings. The van der Waals surface area contributed by atoms with Crippen LogP contribution in [0.5, 0.6) is 0 Å². The first kappa shape index (κ1) is 23.4. The van der Waals surface area contributed by atoms with Gasteiger partial charge < -0.3 is 15.4 Å². The highest BCUT2D eigenvalue weighted by atomic mass is 16.6. The highest BCUT2D eigenvalue weighted by Gasteiger charge is 2.30. The van der Waals surface area contributed by atoms with Crippen molar-refractivity contribution in [2.75, 3.05) is 22.9 Å². The zero-order valence-corrected chi connectivity index (χ0v) is 18.2. The molecule has 6 amide bonds. The van der Waals surface area contributed by atoms with Gasteiger partial charge in [-0.2, -0.15) is 0 Å². The average Bonchev–Trinajstić information content (AvgIpc) is 3.23. The van der Waals surface area contributed by atoms with E-state index in [2.05, 4.69) is 10.6 Å². The molecule has 0 atom stereocenters. The largest absolute Gasteiger partial charge is 0.444 e. The number of carbonyl (C=O) groups is 6. The summed E-state index contributed by atoms with van der Waals surface area (Å²) < 4.78 is 5.10. The first-order valence-corrected chi connectivity index (χ1v) is 9.99. The molecular formula is C22H22N4O7. The van der Waals surface area contributed by atoms with Gasteiger partial charge in [-0.25, -0.2) is 14.6 Å². The second kappa shape index (κ2) is 9.07. The van der Waals surface area contributed by atoms with Gasteiger partial charge in [-0.05, 0) is 39.0 Å². The predicted molar refractivity (Wildman–Crippen MR) is 116 cm³/mol. The maximum absolute atomic E-state index is 12.7. The summed E-state index contributed by atoms with van der Waals surface area (Å²) in [6.45, 7) is 5.28. The molecule has 3 rings (SSSR count). The van der Waals surface area contributed by atoms with Gasteiger partial charge in [-0.1, -0.05) is 0 Å². The zero-order chi connectivity index (χ0) is 24.3. The lowest BCUT2D eigenvalue weighted by Crippen LogP contribution is -2.38. The van der Waals surface area contributed by atoms with Crippen LogP contribution in [0.15, 0.2) is 42.5 Å². The molecule has 0 bridgehead atoms. The van der Waals surface area contributed by atoms with Crippen LogP contribution in [-0.2, 0) is 23.9 Å². The van der Waals surface area contributed by atoms with Crippen molar-refractivity contribution in [2.45, 2.75) is 26.4 Å². The number of nitrogens with zero attached hydrogens (tertiary/aromatic N) is 2. The van der Waals surface area contributed by atoms with Gasteiger partial charge in [0.2, 0.25) is 0 Å². The fourth-order valence-corrected chi connectivity index (χ4v) is 3.05. The van der Waals surface area contributed by atoms with Gasteiger partial charge in [0.15, 0.2) is 0 Å². The van der Waals surface area contributed by atoms with Crippen molar-refractivity contribution < 1.29 is 33.5 Å². The van der Waals surface area contributed by atoms with Gasteiger partial charge in [0.25, 0.3) is 29.5 Å². The summed E-state index contributed by atoms with van der Waals surface area (Å²) in [6, 6.07) is 3.88. The van der Waals surface area contributed by atoms with E-state index in [-0.39, 0.29) is 30.0 Å².